The average Bonchev–Trinajstić information content (AvgIpc) is 3.70. The van der Waals surface area contributed by atoms with Crippen LogP contribution in [-0.4, -0.2) is 19.1 Å². The molecule has 0 amide bonds. The van der Waals surface area contributed by atoms with Gasteiger partial charge in [-0.25, -0.2) is 9.97 Å². The minimum absolute atomic E-state index is 0.0867. The number of fused-ring (bicyclic) bond motifs is 10. The molecule has 0 atom stereocenters. The summed E-state index contributed by atoms with van der Waals surface area (Å²) < 4.78 is 4.89. The van der Waals surface area contributed by atoms with E-state index in [0.717, 1.165) is 39.1 Å². The molecule has 260 valence electrons. The van der Waals surface area contributed by atoms with Crippen molar-refractivity contribution >= 4 is 65.4 Å². The lowest BCUT2D eigenvalue weighted by atomic mass is 9.63. The number of nitrogens with zero attached hydrogens (tertiary/aromatic N) is 4. The summed E-state index contributed by atoms with van der Waals surface area (Å²) in [5.74, 6) is 0.835. The first-order valence-corrected chi connectivity index (χ1v) is 19.1. The van der Waals surface area contributed by atoms with Crippen LogP contribution in [0.1, 0.15) is 51.7 Å². The molecular formula is C50H40N4. The van der Waals surface area contributed by atoms with E-state index in [2.05, 4.69) is 170 Å². The van der Waals surface area contributed by atoms with E-state index in [1.165, 1.54) is 73.0 Å². The topological polar surface area (TPSA) is 35.6 Å². The van der Waals surface area contributed by atoms with Gasteiger partial charge in [-0.3, -0.25) is 4.57 Å². The van der Waals surface area contributed by atoms with E-state index < -0.39 is 0 Å². The average molecular weight is 697 g/mol. The highest BCUT2D eigenvalue weighted by atomic mass is 15.1. The van der Waals surface area contributed by atoms with Gasteiger partial charge in [0.1, 0.15) is 5.69 Å². The fraction of sp³-hybridized carbons (Fsp3) is 0.160. The number of hydrogen-bond donors (Lipinski definition) is 0. The van der Waals surface area contributed by atoms with Crippen LogP contribution in [0.3, 0.4) is 0 Å². The molecule has 3 aromatic heterocycles. The van der Waals surface area contributed by atoms with Crippen LogP contribution < -0.4 is 0 Å². The molecule has 0 bridgehead atoms. The summed E-state index contributed by atoms with van der Waals surface area (Å²) in [7, 11) is 0. The number of aromatic nitrogens is 4. The Morgan fingerprint density at radius 3 is 1.80 bits per heavy atom. The SMILES string of the molecule is CC1(C)CCC(C)(C)c2cc3c(cc21)c1cc2c(cc1n3-c1ccccc1)c1c3ccccc3ccc1n2-c1nc2ccccc2nc1-c1ccccc1. The van der Waals surface area contributed by atoms with Gasteiger partial charge in [-0.2, -0.15) is 0 Å². The Bertz CT molecular complexity index is 3150. The van der Waals surface area contributed by atoms with E-state index >= 15 is 0 Å². The quantitative estimate of drug-likeness (QED) is 0.184. The van der Waals surface area contributed by atoms with Crippen LogP contribution in [0.5, 0.6) is 0 Å². The molecule has 0 radical (unpaired) electrons. The maximum atomic E-state index is 5.46. The third-order valence-electron chi connectivity index (χ3n) is 12.3. The molecule has 4 heteroatoms. The van der Waals surface area contributed by atoms with Crippen molar-refractivity contribution in [3.63, 3.8) is 0 Å². The maximum Gasteiger partial charge on any atom is 0.165 e. The molecule has 10 aromatic rings. The number of rotatable bonds is 3. The predicted molar refractivity (Wildman–Crippen MR) is 226 cm³/mol. The molecule has 1 aliphatic carbocycles. The summed E-state index contributed by atoms with van der Waals surface area (Å²) in [6, 6.07) is 52.9. The van der Waals surface area contributed by atoms with Crippen molar-refractivity contribution in [1.29, 1.82) is 0 Å². The second-order valence-electron chi connectivity index (χ2n) is 16.5. The first-order valence-electron chi connectivity index (χ1n) is 19.1. The van der Waals surface area contributed by atoms with Crippen molar-refractivity contribution in [3.05, 3.63) is 157 Å². The van der Waals surface area contributed by atoms with Gasteiger partial charge in [0, 0.05) is 32.8 Å². The molecule has 0 N–H and O–H groups in total. The molecule has 4 nitrogen and oxygen atoms in total. The molecule has 0 spiro atoms. The standard InChI is InChI=1S/C50H40N4/c1-49(2)25-26-50(3,4)39-30-45-35(27-38(39)49)36-28-44-37(29-43(36)53(45)33-18-9-6-10-19-33)46-34-20-12-11-15-31(34)23-24-42(46)54(44)48-47(32-16-7-5-8-17-32)51-40-21-13-14-22-41(40)52-48/h5-24,27-30H,25-26H2,1-4H3. The van der Waals surface area contributed by atoms with Crippen LogP contribution in [0.25, 0.3) is 88.2 Å². The molecule has 3 heterocycles. The van der Waals surface area contributed by atoms with Crippen molar-refractivity contribution < 1.29 is 0 Å². The molecule has 54 heavy (non-hydrogen) atoms. The van der Waals surface area contributed by atoms with Gasteiger partial charge in [0.25, 0.3) is 0 Å². The largest absolute Gasteiger partial charge is 0.309 e. The second-order valence-corrected chi connectivity index (χ2v) is 16.5. The predicted octanol–water partition coefficient (Wildman–Crippen LogP) is 13.0. The van der Waals surface area contributed by atoms with E-state index in [9.17, 15) is 0 Å². The maximum absolute atomic E-state index is 5.46. The van der Waals surface area contributed by atoms with Gasteiger partial charge in [0.05, 0.1) is 33.1 Å². The van der Waals surface area contributed by atoms with Crippen LogP contribution in [0.4, 0.5) is 0 Å². The molecule has 0 fully saturated rings. The van der Waals surface area contributed by atoms with Crippen LogP contribution >= 0.6 is 0 Å². The van der Waals surface area contributed by atoms with Crippen LogP contribution in [0.2, 0.25) is 0 Å². The Hall–Kier alpha value is -6.26. The molecule has 0 aliphatic heterocycles. The lowest BCUT2D eigenvalue weighted by Crippen LogP contribution is -2.33. The number of hydrogen-bond acceptors (Lipinski definition) is 2. The minimum atomic E-state index is 0.0867. The Morgan fingerprint density at radius 2 is 1.04 bits per heavy atom. The van der Waals surface area contributed by atoms with Crippen molar-refractivity contribution in [2.45, 2.75) is 51.4 Å². The molecule has 1 aliphatic rings. The highest BCUT2D eigenvalue weighted by molar-refractivity contribution is 6.25. The Labute approximate surface area is 314 Å². The normalized spacial score (nSPS) is 15.2. The van der Waals surface area contributed by atoms with Crippen LogP contribution in [0.15, 0.2) is 146 Å². The highest BCUT2D eigenvalue weighted by Gasteiger charge is 2.38. The summed E-state index contributed by atoms with van der Waals surface area (Å²) in [5, 5.41) is 7.41. The van der Waals surface area contributed by atoms with Gasteiger partial charge in [-0.05, 0) is 100 Å². The molecule has 0 unspecified atom stereocenters. The molecule has 0 saturated heterocycles. The second kappa shape index (κ2) is 11.1. The van der Waals surface area contributed by atoms with E-state index in [1.54, 1.807) is 0 Å². The van der Waals surface area contributed by atoms with Crippen molar-refractivity contribution in [3.8, 4) is 22.8 Å². The number of para-hydroxylation sites is 3. The smallest absolute Gasteiger partial charge is 0.165 e. The van der Waals surface area contributed by atoms with E-state index in [0.29, 0.717) is 0 Å². The third kappa shape index (κ3) is 4.43. The lowest BCUT2D eigenvalue weighted by molar-refractivity contribution is 0.332. The zero-order valence-electron chi connectivity index (χ0n) is 31.1. The van der Waals surface area contributed by atoms with Crippen molar-refractivity contribution in [2.75, 3.05) is 0 Å². The fourth-order valence-corrected chi connectivity index (χ4v) is 9.37. The molecule has 11 rings (SSSR count). The lowest BCUT2D eigenvalue weighted by Gasteiger charge is -2.42. The van der Waals surface area contributed by atoms with E-state index in [-0.39, 0.29) is 10.8 Å². The highest BCUT2D eigenvalue weighted by Crippen LogP contribution is 2.49. The zero-order chi connectivity index (χ0) is 36.3. The first kappa shape index (κ1) is 31.3. The Morgan fingerprint density at radius 1 is 0.463 bits per heavy atom. The van der Waals surface area contributed by atoms with Crippen molar-refractivity contribution in [2.24, 2.45) is 0 Å². The zero-order valence-corrected chi connectivity index (χ0v) is 31.1. The van der Waals surface area contributed by atoms with Gasteiger partial charge in [-0.15, -0.1) is 0 Å². The number of benzene rings is 7. The minimum Gasteiger partial charge on any atom is -0.309 e. The summed E-state index contributed by atoms with van der Waals surface area (Å²) in [4.78, 5) is 10.8. The summed E-state index contributed by atoms with van der Waals surface area (Å²) in [5.41, 5.74) is 12.7. The van der Waals surface area contributed by atoms with Gasteiger partial charge in [0.15, 0.2) is 5.82 Å². The van der Waals surface area contributed by atoms with Crippen LogP contribution in [-0.2, 0) is 10.8 Å². The van der Waals surface area contributed by atoms with Gasteiger partial charge >= 0.3 is 0 Å². The van der Waals surface area contributed by atoms with Crippen molar-refractivity contribution in [1.82, 2.24) is 19.1 Å². The Kier molecular flexibility index (Phi) is 6.45. The van der Waals surface area contributed by atoms with Gasteiger partial charge < -0.3 is 4.57 Å². The summed E-state index contributed by atoms with van der Waals surface area (Å²) >= 11 is 0. The summed E-state index contributed by atoms with van der Waals surface area (Å²) in [6.45, 7) is 9.69. The Balaban J connectivity index is 1.35. The molecular weight excluding hydrogens is 657 g/mol. The van der Waals surface area contributed by atoms with E-state index in [1.807, 2.05) is 12.1 Å². The summed E-state index contributed by atoms with van der Waals surface area (Å²) in [6.07, 6.45) is 2.35. The van der Waals surface area contributed by atoms with Gasteiger partial charge in [-0.1, -0.05) is 119 Å². The first-order chi connectivity index (χ1) is 26.3. The third-order valence-corrected chi connectivity index (χ3v) is 12.3. The van der Waals surface area contributed by atoms with E-state index in [4.69, 9.17) is 9.97 Å². The molecule has 0 saturated carbocycles. The monoisotopic (exact) mass is 696 g/mol. The van der Waals surface area contributed by atoms with Crippen LogP contribution in [0, 0.1) is 0 Å². The van der Waals surface area contributed by atoms with Gasteiger partial charge in [0.2, 0.25) is 0 Å². The molecule has 7 aromatic carbocycles. The fourth-order valence-electron chi connectivity index (χ4n) is 9.37.